The number of aliphatic hydroxyl groups excluding tert-OH is 1. The van der Waals surface area contributed by atoms with Crippen LogP contribution < -0.4 is 5.73 Å². The predicted molar refractivity (Wildman–Crippen MR) is 91.2 cm³/mol. The summed E-state index contributed by atoms with van der Waals surface area (Å²) in [5.41, 5.74) is 11.2. The van der Waals surface area contributed by atoms with Crippen molar-refractivity contribution in [2.75, 3.05) is 5.73 Å². The van der Waals surface area contributed by atoms with Gasteiger partial charge in [0.1, 0.15) is 5.82 Å². The third-order valence-corrected chi connectivity index (χ3v) is 5.40. The zero-order valence-electron chi connectivity index (χ0n) is 13.1. The Morgan fingerprint density at radius 3 is 2.92 bits per heavy atom. The van der Waals surface area contributed by atoms with E-state index in [9.17, 15) is 5.11 Å². The zero-order chi connectivity index (χ0) is 16.3. The first-order valence-electron chi connectivity index (χ1n) is 8.28. The minimum absolute atomic E-state index is 0.0968. The third kappa shape index (κ3) is 1.79. The van der Waals surface area contributed by atoms with Crippen LogP contribution >= 0.6 is 0 Å². The maximum absolute atomic E-state index is 11.0. The molecule has 0 fully saturated rings. The predicted octanol–water partition coefficient (Wildman–Crippen LogP) is 2.73. The van der Waals surface area contributed by atoms with Crippen molar-refractivity contribution in [2.24, 2.45) is 5.92 Å². The second kappa shape index (κ2) is 4.92. The lowest BCUT2D eigenvalue weighted by Crippen LogP contribution is -2.29. The highest BCUT2D eigenvalue weighted by Gasteiger charge is 2.40. The molecule has 0 saturated carbocycles. The molecular formula is C19H18N4O. The Bertz CT molecular complexity index is 933. The van der Waals surface area contributed by atoms with Gasteiger partial charge in [0.15, 0.2) is 0 Å². The number of fused-ring (bicyclic) bond motifs is 4. The number of imidazole rings is 1. The monoisotopic (exact) mass is 318 g/mol. The van der Waals surface area contributed by atoms with Crippen LogP contribution in [0.5, 0.6) is 0 Å². The number of nitrogens with zero attached hydrogens (tertiary/aromatic N) is 3. The lowest BCUT2D eigenvalue weighted by Gasteiger charge is -2.34. The number of nitrogen functional groups attached to an aromatic ring is 1. The van der Waals surface area contributed by atoms with Gasteiger partial charge >= 0.3 is 0 Å². The maximum Gasteiger partial charge on any atom is 0.123 e. The largest absolute Gasteiger partial charge is 0.388 e. The van der Waals surface area contributed by atoms with Crippen LogP contribution in [0.4, 0.5) is 5.82 Å². The Morgan fingerprint density at radius 1 is 1.12 bits per heavy atom. The average molecular weight is 318 g/mol. The molecule has 3 heterocycles. The first-order chi connectivity index (χ1) is 11.7. The van der Waals surface area contributed by atoms with Crippen molar-refractivity contribution in [3.8, 4) is 11.3 Å². The van der Waals surface area contributed by atoms with Gasteiger partial charge < -0.3 is 15.4 Å². The fraction of sp³-hybridized carbons (Fsp3) is 0.263. The molecule has 3 aromatic rings. The van der Waals surface area contributed by atoms with Gasteiger partial charge in [0.25, 0.3) is 0 Å². The van der Waals surface area contributed by atoms with Crippen LogP contribution in [0.3, 0.4) is 0 Å². The van der Waals surface area contributed by atoms with Crippen LogP contribution in [0.1, 0.15) is 35.4 Å². The van der Waals surface area contributed by atoms with E-state index in [2.05, 4.69) is 38.8 Å². The number of aliphatic hydroxyl groups is 1. The average Bonchev–Trinajstić information content (AvgIpc) is 3.16. The minimum atomic E-state index is -0.548. The van der Waals surface area contributed by atoms with Crippen molar-refractivity contribution >= 4 is 5.82 Å². The number of hydrogen-bond acceptors (Lipinski definition) is 4. The molecule has 0 saturated heterocycles. The Morgan fingerprint density at radius 2 is 2.00 bits per heavy atom. The Balaban J connectivity index is 1.62. The van der Waals surface area contributed by atoms with Crippen molar-refractivity contribution in [1.82, 2.24) is 14.5 Å². The molecule has 0 radical (unpaired) electrons. The fourth-order valence-corrected chi connectivity index (χ4v) is 4.33. The van der Waals surface area contributed by atoms with E-state index in [-0.39, 0.29) is 12.0 Å². The van der Waals surface area contributed by atoms with Gasteiger partial charge in [0.2, 0.25) is 0 Å². The van der Waals surface area contributed by atoms with E-state index in [4.69, 9.17) is 5.73 Å². The van der Waals surface area contributed by atoms with E-state index in [1.165, 1.54) is 11.1 Å². The second-order valence-corrected chi connectivity index (χ2v) is 6.64. The summed E-state index contributed by atoms with van der Waals surface area (Å²) in [5.74, 6) is 0.613. The molecule has 0 amide bonds. The summed E-state index contributed by atoms with van der Waals surface area (Å²) in [7, 11) is 0. The Kier molecular flexibility index (Phi) is 2.82. The van der Waals surface area contributed by atoms with Crippen molar-refractivity contribution < 1.29 is 5.11 Å². The molecule has 0 spiro atoms. The minimum Gasteiger partial charge on any atom is -0.388 e. The van der Waals surface area contributed by atoms with Gasteiger partial charge in [-0.3, -0.25) is 0 Å². The smallest absolute Gasteiger partial charge is 0.123 e. The van der Waals surface area contributed by atoms with Crippen molar-refractivity contribution in [3.05, 3.63) is 65.7 Å². The number of anilines is 1. The molecule has 5 rings (SSSR count). The highest BCUT2D eigenvalue weighted by Crippen LogP contribution is 2.49. The van der Waals surface area contributed by atoms with E-state index in [1.807, 2.05) is 18.6 Å². The molecule has 1 unspecified atom stereocenters. The van der Waals surface area contributed by atoms with Crippen LogP contribution in [-0.2, 0) is 6.42 Å². The number of nitrogens with two attached hydrogens (primary N) is 1. The molecule has 3 N–H and O–H groups in total. The van der Waals surface area contributed by atoms with Gasteiger partial charge in [-0.15, -0.1) is 0 Å². The number of rotatable bonds is 1. The standard InChI is InChI=1S/C19H18N4O/c20-17-8-6-13-15(22-17)7-5-14(19(13)24)18-12-4-2-1-3-11(12)16-9-21-10-23(16)18/h1-4,6,8-10,14,18-19,24H,5,7H2,(H2,20,22)/t14-,18?,19-/m0/s1. The molecule has 0 bridgehead atoms. The van der Waals surface area contributed by atoms with Gasteiger partial charge in [0, 0.05) is 22.7 Å². The number of aryl methyl sites for hydroxylation is 1. The third-order valence-electron chi connectivity index (χ3n) is 5.40. The van der Waals surface area contributed by atoms with Gasteiger partial charge in [0.05, 0.1) is 30.4 Å². The first-order valence-corrected chi connectivity index (χ1v) is 8.28. The molecule has 2 aliphatic rings. The first kappa shape index (κ1) is 13.7. The molecular weight excluding hydrogens is 300 g/mol. The summed E-state index contributed by atoms with van der Waals surface area (Å²) in [4.78, 5) is 8.72. The van der Waals surface area contributed by atoms with Crippen LogP contribution in [0.25, 0.3) is 11.3 Å². The zero-order valence-corrected chi connectivity index (χ0v) is 13.1. The normalized spacial score (nSPS) is 24.3. The lowest BCUT2D eigenvalue weighted by molar-refractivity contribution is 0.0711. The molecule has 5 nitrogen and oxygen atoms in total. The summed E-state index contributed by atoms with van der Waals surface area (Å²) in [6, 6.07) is 12.2. The van der Waals surface area contributed by atoms with Crippen LogP contribution in [0, 0.1) is 5.92 Å². The van der Waals surface area contributed by atoms with Gasteiger partial charge in [-0.25, -0.2) is 9.97 Å². The molecule has 1 aromatic carbocycles. The SMILES string of the molecule is Nc1ccc2c(n1)CC[C@@H](C1c3ccccc3-c3cncn31)[C@H]2O. The molecule has 3 atom stereocenters. The molecule has 5 heteroatoms. The van der Waals surface area contributed by atoms with E-state index < -0.39 is 6.10 Å². The number of aromatic nitrogens is 3. The Labute approximate surface area is 139 Å². The topological polar surface area (TPSA) is 77.0 Å². The van der Waals surface area contributed by atoms with E-state index in [0.29, 0.717) is 5.82 Å². The molecule has 120 valence electrons. The lowest BCUT2D eigenvalue weighted by atomic mass is 9.77. The number of benzene rings is 1. The highest BCUT2D eigenvalue weighted by molar-refractivity contribution is 5.69. The summed E-state index contributed by atoms with van der Waals surface area (Å²) >= 11 is 0. The van der Waals surface area contributed by atoms with Crippen molar-refractivity contribution in [2.45, 2.75) is 25.0 Å². The van der Waals surface area contributed by atoms with Crippen molar-refractivity contribution in [1.29, 1.82) is 0 Å². The van der Waals surface area contributed by atoms with Crippen LogP contribution in [-0.4, -0.2) is 19.6 Å². The van der Waals surface area contributed by atoms with Crippen LogP contribution in [0.15, 0.2) is 48.9 Å². The van der Waals surface area contributed by atoms with Gasteiger partial charge in [-0.1, -0.05) is 30.3 Å². The van der Waals surface area contributed by atoms with Crippen LogP contribution in [0.2, 0.25) is 0 Å². The highest BCUT2D eigenvalue weighted by atomic mass is 16.3. The van der Waals surface area contributed by atoms with Gasteiger partial charge in [-0.2, -0.15) is 0 Å². The quantitative estimate of drug-likeness (QED) is 0.723. The summed E-state index contributed by atoms with van der Waals surface area (Å²) in [6.45, 7) is 0. The Hall–Kier alpha value is -2.66. The second-order valence-electron chi connectivity index (χ2n) is 6.64. The maximum atomic E-state index is 11.0. The molecule has 2 aromatic heterocycles. The summed E-state index contributed by atoms with van der Waals surface area (Å²) < 4.78 is 2.20. The number of hydrogen-bond donors (Lipinski definition) is 2. The molecule has 1 aliphatic heterocycles. The van der Waals surface area contributed by atoms with E-state index in [1.54, 1.807) is 6.07 Å². The number of pyridine rings is 1. The van der Waals surface area contributed by atoms with E-state index >= 15 is 0 Å². The van der Waals surface area contributed by atoms with Gasteiger partial charge in [-0.05, 0) is 24.5 Å². The fourth-order valence-electron chi connectivity index (χ4n) is 4.33. The molecule has 24 heavy (non-hydrogen) atoms. The van der Waals surface area contributed by atoms with Crippen molar-refractivity contribution in [3.63, 3.8) is 0 Å². The summed E-state index contributed by atoms with van der Waals surface area (Å²) in [5, 5.41) is 11.0. The van der Waals surface area contributed by atoms with E-state index in [0.717, 1.165) is 29.8 Å². The summed E-state index contributed by atoms with van der Waals surface area (Å²) in [6.07, 6.45) is 4.95. The molecule has 1 aliphatic carbocycles.